The third-order valence-corrected chi connectivity index (χ3v) is 7.89. The van der Waals surface area contributed by atoms with Gasteiger partial charge in [-0.25, -0.2) is 0 Å². The first-order chi connectivity index (χ1) is 13.2. The molecule has 2 saturated heterocycles. The van der Waals surface area contributed by atoms with Crippen molar-refractivity contribution in [3.63, 3.8) is 0 Å². The predicted molar refractivity (Wildman–Crippen MR) is 105 cm³/mol. The zero-order valence-electron chi connectivity index (χ0n) is 18.9. The van der Waals surface area contributed by atoms with Crippen LogP contribution < -0.4 is 0 Å². The molecule has 5 unspecified atom stereocenters. The molecule has 2 aliphatic heterocycles. The average Bonchev–Trinajstić information content (AvgIpc) is 2.61. The van der Waals surface area contributed by atoms with Crippen molar-refractivity contribution in [2.45, 2.75) is 106 Å². The molecular formula is C19H38O12. The molecule has 10 N–H and O–H groups in total. The van der Waals surface area contributed by atoms with Gasteiger partial charge in [0.05, 0.1) is 12.7 Å². The highest BCUT2D eigenvalue weighted by Crippen LogP contribution is 2.53. The summed E-state index contributed by atoms with van der Waals surface area (Å²) >= 11 is 0. The van der Waals surface area contributed by atoms with E-state index in [1.807, 2.05) is 0 Å². The van der Waals surface area contributed by atoms with E-state index in [1.165, 1.54) is 27.7 Å². The highest BCUT2D eigenvalue weighted by Gasteiger charge is 2.75. The summed E-state index contributed by atoms with van der Waals surface area (Å²) in [5, 5.41) is 85.3. The van der Waals surface area contributed by atoms with Gasteiger partial charge in [-0.2, -0.15) is 0 Å². The first-order valence-corrected chi connectivity index (χ1v) is 9.78. The van der Waals surface area contributed by atoms with Crippen LogP contribution in [0.3, 0.4) is 0 Å². The molecule has 12 heteroatoms. The summed E-state index contributed by atoms with van der Waals surface area (Å²) < 4.78 is 16.7. The van der Waals surface area contributed by atoms with E-state index >= 15 is 0 Å². The summed E-state index contributed by atoms with van der Waals surface area (Å²) in [5.41, 5.74) is -13.4. The summed E-state index contributed by atoms with van der Waals surface area (Å²) in [6, 6.07) is 0. The number of aliphatic hydroxyl groups excluding tert-OH is 2. The fraction of sp³-hybridized carbons (Fsp3) is 1.00. The maximum absolute atomic E-state index is 11.2. The van der Waals surface area contributed by atoms with Crippen molar-refractivity contribution in [1.29, 1.82) is 0 Å². The third-order valence-electron chi connectivity index (χ3n) is 7.89. The van der Waals surface area contributed by atoms with Crippen molar-refractivity contribution in [3.8, 4) is 0 Å². The van der Waals surface area contributed by atoms with E-state index < -0.39 is 71.1 Å². The Labute approximate surface area is 180 Å². The monoisotopic (exact) mass is 458 g/mol. The minimum atomic E-state index is -2.56. The maximum Gasteiger partial charge on any atom is 0.221 e. The number of hydrogen-bond acceptors (Lipinski definition) is 11. The Morgan fingerprint density at radius 2 is 1.26 bits per heavy atom. The van der Waals surface area contributed by atoms with Crippen LogP contribution in [0, 0.1) is 0 Å². The van der Waals surface area contributed by atoms with E-state index in [4.69, 9.17) is 14.2 Å². The first kappa shape index (κ1) is 28.6. The van der Waals surface area contributed by atoms with Gasteiger partial charge in [0.25, 0.3) is 0 Å². The molecule has 2 rings (SSSR count). The standard InChI is InChI=1S/C19H36O11.H2O/c1-10-13(2,22)18(7,17(6,26)19(27,9-21)29-10)30-12-15(4,24)16(5,25)14(3,23)11(8-20)28-12;/h10-12,20-27H,8-9H2,1-7H3;1H2/t10?,11?,12-,13+,14+,15?,16?,17?,18+,19+;/m0./s1. The van der Waals surface area contributed by atoms with Crippen LogP contribution in [0.1, 0.15) is 48.5 Å². The Morgan fingerprint density at radius 1 is 0.774 bits per heavy atom. The van der Waals surface area contributed by atoms with Crippen molar-refractivity contribution in [1.82, 2.24) is 0 Å². The lowest BCUT2D eigenvalue weighted by atomic mass is 9.64. The van der Waals surface area contributed by atoms with E-state index in [1.54, 1.807) is 0 Å². The average molecular weight is 459 g/mol. The van der Waals surface area contributed by atoms with Crippen LogP contribution in [-0.4, -0.2) is 117 Å². The van der Waals surface area contributed by atoms with Crippen LogP contribution in [-0.2, 0) is 14.2 Å². The molecule has 0 amide bonds. The molecule has 0 saturated carbocycles. The maximum atomic E-state index is 11.2. The summed E-state index contributed by atoms with van der Waals surface area (Å²) in [4.78, 5) is 0. The Bertz CT molecular complexity index is 660. The molecular weight excluding hydrogens is 420 g/mol. The normalized spacial score (nSPS) is 58.0. The number of rotatable bonds is 4. The fourth-order valence-electron chi connectivity index (χ4n) is 4.25. The Kier molecular flexibility index (Phi) is 7.17. The van der Waals surface area contributed by atoms with Gasteiger partial charge in [0.2, 0.25) is 5.79 Å². The van der Waals surface area contributed by atoms with E-state index in [9.17, 15) is 40.9 Å². The number of ether oxygens (including phenoxy) is 3. The second-order valence-corrected chi connectivity index (χ2v) is 9.58. The quantitative estimate of drug-likeness (QED) is 0.206. The molecule has 0 aromatic rings. The summed E-state index contributed by atoms with van der Waals surface area (Å²) in [6.45, 7) is 6.56. The van der Waals surface area contributed by atoms with Crippen LogP contribution in [0.5, 0.6) is 0 Å². The van der Waals surface area contributed by atoms with E-state index in [2.05, 4.69) is 0 Å². The first-order valence-electron chi connectivity index (χ1n) is 9.78. The Hall–Kier alpha value is -0.480. The number of hydrogen-bond donors (Lipinski definition) is 8. The van der Waals surface area contributed by atoms with Gasteiger partial charge in [0, 0.05) is 0 Å². The summed E-state index contributed by atoms with van der Waals surface area (Å²) in [5.74, 6) is -2.56. The smallest absolute Gasteiger partial charge is 0.221 e. The molecule has 0 spiro atoms. The molecule has 2 heterocycles. The molecule has 0 aliphatic carbocycles. The molecule has 31 heavy (non-hydrogen) atoms. The van der Waals surface area contributed by atoms with Gasteiger partial charge in [0.1, 0.15) is 46.3 Å². The molecule has 10 atom stereocenters. The van der Waals surface area contributed by atoms with Gasteiger partial charge < -0.3 is 60.5 Å². The lowest BCUT2D eigenvalue weighted by Gasteiger charge is -2.64. The molecule has 186 valence electrons. The van der Waals surface area contributed by atoms with Crippen LogP contribution in [0.25, 0.3) is 0 Å². The summed E-state index contributed by atoms with van der Waals surface area (Å²) in [6.07, 6.45) is -4.39. The van der Waals surface area contributed by atoms with Gasteiger partial charge in [0.15, 0.2) is 6.29 Å². The van der Waals surface area contributed by atoms with Gasteiger partial charge in [-0.1, -0.05) is 0 Å². The molecule has 2 aliphatic rings. The van der Waals surface area contributed by atoms with Crippen LogP contribution in [0.4, 0.5) is 0 Å². The lowest BCUT2D eigenvalue weighted by Crippen LogP contribution is -2.85. The fourth-order valence-corrected chi connectivity index (χ4v) is 4.25. The molecule has 0 radical (unpaired) electrons. The number of aliphatic hydroxyl groups is 8. The van der Waals surface area contributed by atoms with Crippen LogP contribution >= 0.6 is 0 Å². The van der Waals surface area contributed by atoms with Crippen molar-refractivity contribution in [2.24, 2.45) is 0 Å². The van der Waals surface area contributed by atoms with Crippen molar-refractivity contribution in [2.75, 3.05) is 13.2 Å². The van der Waals surface area contributed by atoms with E-state index in [0.29, 0.717) is 0 Å². The topological polar surface area (TPSA) is 221 Å². The molecule has 0 bridgehead atoms. The minimum absolute atomic E-state index is 0. The molecule has 0 aromatic heterocycles. The lowest BCUT2D eigenvalue weighted by molar-refractivity contribution is -0.474. The van der Waals surface area contributed by atoms with Gasteiger partial charge in [-0.3, -0.25) is 0 Å². The summed E-state index contributed by atoms with van der Waals surface area (Å²) in [7, 11) is 0. The predicted octanol–water partition coefficient (Wildman–Crippen LogP) is -3.49. The van der Waals surface area contributed by atoms with E-state index in [0.717, 1.165) is 20.8 Å². The van der Waals surface area contributed by atoms with Crippen LogP contribution in [0.2, 0.25) is 0 Å². The highest BCUT2D eigenvalue weighted by molar-refractivity contribution is 5.20. The third kappa shape index (κ3) is 3.36. The second kappa shape index (κ2) is 7.79. The largest absolute Gasteiger partial charge is 0.412 e. The minimum Gasteiger partial charge on any atom is -0.412 e. The SMILES string of the molecule is CC1O[C@](O)(CO)C(C)(O)[C@](C)(O[C@@H]2OC(CO)[C@@](C)(O)C(C)(O)C2(C)O)[C@]1(C)O.O. The van der Waals surface area contributed by atoms with Crippen molar-refractivity contribution < 1.29 is 60.5 Å². The zero-order chi connectivity index (χ0) is 23.8. The highest BCUT2D eigenvalue weighted by atomic mass is 16.7. The van der Waals surface area contributed by atoms with Gasteiger partial charge >= 0.3 is 0 Å². The Balaban J connectivity index is 0.00000480. The Morgan fingerprint density at radius 3 is 1.68 bits per heavy atom. The molecule has 2 fully saturated rings. The van der Waals surface area contributed by atoms with Crippen molar-refractivity contribution >= 4 is 0 Å². The van der Waals surface area contributed by atoms with E-state index in [-0.39, 0.29) is 5.48 Å². The zero-order valence-corrected chi connectivity index (χ0v) is 18.9. The van der Waals surface area contributed by atoms with Crippen LogP contribution in [0.15, 0.2) is 0 Å². The molecule has 0 aromatic carbocycles. The van der Waals surface area contributed by atoms with Gasteiger partial charge in [-0.05, 0) is 48.5 Å². The van der Waals surface area contributed by atoms with Crippen molar-refractivity contribution in [3.05, 3.63) is 0 Å². The second-order valence-electron chi connectivity index (χ2n) is 9.58. The van der Waals surface area contributed by atoms with Gasteiger partial charge in [-0.15, -0.1) is 0 Å². The molecule has 12 nitrogen and oxygen atoms in total.